The molecule has 1 fully saturated rings. The summed E-state index contributed by atoms with van der Waals surface area (Å²) in [6, 6.07) is 11.8. The molecule has 1 N–H and O–H groups in total. The van der Waals surface area contributed by atoms with Crippen LogP contribution in [-0.4, -0.2) is 29.1 Å². The Morgan fingerprint density at radius 1 is 1.20 bits per heavy atom. The summed E-state index contributed by atoms with van der Waals surface area (Å²) >= 11 is 11.0. The Hall–Kier alpha value is -1.65. The molecule has 0 saturated carbocycles. The molecule has 0 aliphatic carbocycles. The van der Waals surface area contributed by atoms with Crippen molar-refractivity contribution in [1.82, 2.24) is 10.2 Å². The van der Waals surface area contributed by atoms with Gasteiger partial charge in [-0.15, -0.1) is 0 Å². The molecule has 0 aromatic heterocycles. The average Bonchev–Trinajstić information content (AvgIpc) is 2.97. The van der Waals surface area contributed by atoms with Crippen molar-refractivity contribution in [2.75, 3.05) is 13.2 Å². The third-order valence-corrected chi connectivity index (χ3v) is 6.00. The zero-order valence-corrected chi connectivity index (χ0v) is 21.3. The number of nitrogens with one attached hydrogen (secondary N) is 1. The molecule has 0 spiro atoms. The van der Waals surface area contributed by atoms with Gasteiger partial charge in [-0.25, -0.2) is 0 Å². The summed E-state index contributed by atoms with van der Waals surface area (Å²) in [5.74, 6) is 1.23. The van der Waals surface area contributed by atoms with Crippen LogP contribution in [0.2, 0.25) is 0 Å². The zero-order chi connectivity index (χ0) is 21.7. The zero-order valence-electron chi connectivity index (χ0n) is 16.7. The topological polar surface area (TPSA) is 50.8 Å². The second-order valence-electron chi connectivity index (χ2n) is 6.62. The second kappa shape index (κ2) is 10.6. The molecule has 2 aromatic carbocycles. The minimum atomic E-state index is -0.106. The van der Waals surface area contributed by atoms with Crippen LogP contribution in [0.4, 0.5) is 0 Å². The first-order chi connectivity index (χ1) is 14.4. The van der Waals surface area contributed by atoms with Crippen molar-refractivity contribution in [2.45, 2.75) is 26.9 Å². The van der Waals surface area contributed by atoms with E-state index in [2.05, 4.69) is 43.8 Å². The van der Waals surface area contributed by atoms with Crippen molar-refractivity contribution in [3.8, 4) is 11.5 Å². The molecule has 1 aliphatic heterocycles. The predicted molar refractivity (Wildman–Crippen MR) is 135 cm³/mol. The van der Waals surface area contributed by atoms with E-state index in [0.717, 1.165) is 25.6 Å². The Morgan fingerprint density at radius 3 is 2.60 bits per heavy atom. The quantitative estimate of drug-likeness (QED) is 0.246. The first-order valence-electron chi connectivity index (χ1n) is 9.61. The molecule has 0 atom stereocenters. The van der Waals surface area contributed by atoms with Crippen LogP contribution in [0, 0.1) is 3.57 Å². The summed E-state index contributed by atoms with van der Waals surface area (Å²) in [6.45, 7) is 5.49. The van der Waals surface area contributed by atoms with Crippen LogP contribution >= 0.6 is 50.7 Å². The van der Waals surface area contributed by atoms with Crippen LogP contribution in [0.5, 0.6) is 11.5 Å². The fourth-order valence-corrected chi connectivity index (χ4v) is 4.30. The molecule has 1 heterocycles. The van der Waals surface area contributed by atoms with Gasteiger partial charge in [-0.2, -0.15) is 0 Å². The Labute approximate surface area is 204 Å². The third kappa shape index (κ3) is 5.53. The van der Waals surface area contributed by atoms with Gasteiger partial charge in [0, 0.05) is 11.0 Å². The van der Waals surface area contributed by atoms with Gasteiger partial charge in [0.15, 0.2) is 16.6 Å². The Balaban J connectivity index is 1.85. The summed E-state index contributed by atoms with van der Waals surface area (Å²) < 4.78 is 13.8. The number of benzene rings is 2. The highest BCUT2D eigenvalue weighted by Gasteiger charge is 2.29. The van der Waals surface area contributed by atoms with Gasteiger partial charge in [-0.05, 0) is 89.6 Å². The smallest absolute Gasteiger partial charge is 0.276 e. The lowest BCUT2D eigenvalue weighted by molar-refractivity contribution is -0.122. The van der Waals surface area contributed by atoms with Gasteiger partial charge < -0.3 is 14.8 Å². The van der Waals surface area contributed by atoms with Crippen molar-refractivity contribution < 1.29 is 14.3 Å². The molecule has 0 unspecified atom stereocenters. The average molecular weight is 601 g/mol. The van der Waals surface area contributed by atoms with Gasteiger partial charge in [-0.1, -0.05) is 35.0 Å². The fraction of sp³-hybridized carbons (Fsp3) is 0.273. The Bertz CT molecular complexity index is 979. The monoisotopic (exact) mass is 600 g/mol. The van der Waals surface area contributed by atoms with E-state index < -0.39 is 0 Å². The molecule has 30 heavy (non-hydrogen) atoms. The van der Waals surface area contributed by atoms with Gasteiger partial charge >= 0.3 is 0 Å². The number of carbonyl (C=O) groups excluding carboxylic acids is 1. The van der Waals surface area contributed by atoms with E-state index in [0.29, 0.717) is 42.1 Å². The van der Waals surface area contributed by atoms with E-state index in [4.69, 9.17) is 21.7 Å². The minimum Gasteiger partial charge on any atom is -0.490 e. The standard InChI is InChI=1S/C22H22BrIN2O3S/c1-3-9-26-21(27)18(25-22(26)30)11-15-10-17(24)20(19(12-15)28-4-2)29-13-14-5-7-16(23)8-6-14/h5-8,10-12H,3-4,9,13H2,1-2H3,(H,25,30)/b18-11-. The summed E-state index contributed by atoms with van der Waals surface area (Å²) in [7, 11) is 0. The maximum absolute atomic E-state index is 12.6. The molecule has 3 rings (SSSR count). The molecule has 1 aliphatic rings. The van der Waals surface area contributed by atoms with E-state index in [1.807, 2.05) is 50.2 Å². The Kier molecular flexibility index (Phi) is 8.13. The summed E-state index contributed by atoms with van der Waals surface area (Å²) in [4.78, 5) is 14.2. The second-order valence-corrected chi connectivity index (χ2v) is 9.09. The molecule has 158 valence electrons. The van der Waals surface area contributed by atoms with Crippen LogP contribution in [0.15, 0.2) is 46.6 Å². The predicted octanol–water partition coefficient (Wildman–Crippen LogP) is 5.50. The van der Waals surface area contributed by atoms with Gasteiger partial charge in [0.05, 0.1) is 10.2 Å². The minimum absolute atomic E-state index is 0.106. The van der Waals surface area contributed by atoms with Gasteiger partial charge in [0.1, 0.15) is 12.3 Å². The highest BCUT2D eigenvalue weighted by molar-refractivity contribution is 14.1. The van der Waals surface area contributed by atoms with Crippen LogP contribution in [-0.2, 0) is 11.4 Å². The van der Waals surface area contributed by atoms with Crippen molar-refractivity contribution in [3.63, 3.8) is 0 Å². The van der Waals surface area contributed by atoms with Crippen LogP contribution in [0.3, 0.4) is 0 Å². The fourth-order valence-electron chi connectivity index (χ4n) is 2.98. The number of halogens is 2. The van der Waals surface area contributed by atoms with Crippen molar-refractivity contribution in [1.29, 1.82) is 0 Å². The molecule has 5 nitrogen and oxygen atoms in total. The van der Waals surface area contributed by atoms with E-state index in [9.17, 15) is 4.79 Å². The lowest BCUT2D eigenvalue weighted by Gasteiger charge is -2.15. The maximum atomic E-state index is 12.6. The first kappa shape index (κ1) is 23.0. The molecule has 1 saturated heterocycles. The van der Waals surface area contributed by atoms with Crippen LogP contribution < -0.4 is 14.8 Å². The van der Waals surface area contributed by atoms with Gasteiger partial charge in [-0.3, -0.25) is 9.69 Å². The van der Waals surface area contributed by atoms with E-state index in [-0.39, 0.29) is 5.91 Å². The SMILES string of the molecule is CCCN1C(=O)/C(=C/c2cc(I)c(OCc3ccc(Br)cc3)c(OCC)c2)NC1=S. The van der Waals surface area contributed by atoms with Crippen molar-refractivity contribution >= 4 is 67.8 Å². The summed E-state index contributed by atoms with van der Waals surface area (Å²) in [6.07, 6.45) is 2.64. The molecule has 1 amide bonds. The van der Waals surface area contributed by atoms with E-state index in [1.54, 1.807) is 11.0 Å². The largest absolute Gasteiger partial charge is 0.490 e. The normalized spacial score (nSPS) is 14.9. The van der Waals surface area contributed by atoms with Crippen LogP contribution in [0.25, 0.3) is 6.08 Å². The lowest BCUT2D eigenvalue weighted by atomic mass is 10.1. The van der Waals surface area contributed by atoms with Crippen molar-refractivity contribution in [3.05, 3.63) is 61.3 Å². The van der Waals surface area contributed by atoms with Gasteiger partial charge in [0.25, 0.3) is 5.91 Å². The number of hydrogen-bond donors (Lipinski definition) is 1. The molecular weight excluding hydrogens is 579 g/mol. The summed E-state index contributed by atoms with van der Waals surface area (Å²) in [5, 5.41) is 3.46. The molecule has 8 heteroatoms. The maximum Gasteiger partial charge on any atom is 0.276 e. The van der Waals surface area contributed by atoms with Gasteiger partial charge in [0.2, 0.25) is 0 Å². The first-order valence-corrected chi connectivity index (χ1v) is 11.9. The number of hydrogen-bond acceptors (Lipinski definition) is 4. The number of thiocarbonyl (C=S) groups is 1. The summed E-state index contributed by atoms with van der Waals surface area (Å²) in [5.41, 5.74) is 2.37. The number of rotatable bonds is 8. The number of nitrogens with zero attached hydrogens (tertiary/aromatic N) is 1. The van der Waals surface area contributed by atoms with E-state index in [1.165, 1.54) is 0 Å². The van der Waals surface area contributed by atoms with Crippen LogP contribution in [0.1, 0.15) is 31.4 Å². The lowest BCUT2D eigenvalue weighted by Crippen LogP contribution is -2.31. The highest BCUT2D eigenvalue weighted by atomic mass is 127. The Morgan fingerprint density at radius 2 is 1.93 bits per heavy atom. The number of carbonyl (C=O) groups is 1. The van der Waals surface area contributed by atoms with E-state index >= 15 is 0 Å². The highest BCUT2D eigenvalue weighted by Crippen LogP contribution is 2.35. The number of ether oxygens (including phenoxy) is 2. The number of amides is 1. The molecule has 0 radical (unpaired) electrons. The third-order valence-electron chi connectivity index (χ3n) is 4.35. The molecule has 0 bridgehead atoms. The van der Waals surface area contributed by atoms with Crippen molar-refractivity contribution in [2.24, 2.45) is 0 Å². The molecule has 2 aromatic rings. The molecular formula is C22H22BrIN2O3S.